The van der Waals surface area contributed by atoms with Crippen LogP contribution in [0, 0.1) is 6.92 Å². The molecule has 160 valence electrons. The molecule has 1 heterocycles. The number of aryl methyl sites for hydroxylation is 1. The van der Waals surface area contributed by atoms with Gasteiger partial charge in [-0.3, -0.25) is 10.2 Å². The Bertz CT molecular complexity index is 1120. The molecule has 4 rings (SSSR count). The maximum absolute atomic E-state index is 13.0. The summed E-state index contributed by atoms with van der Waals surface area (Å²) in [6, 6.07) is 15.0. The number of benzene rings is 2. The van der Waals surface area contributed by atoms with Crippen molar-refractivity contribution in [3.8, 4) is 11.5 Å². The highest BCUT2D eigenvalue weighted by atomic mass is 16.5. The summed E-state index contributed by atoms with van der Waals surface area (Å²) < 4.78 is 16.6. The zero-order chi connectivity index (χ0) is 21.8. The fourth-order valence-electron chi connectivity index (χ4n) is 3.72. The second kappa shape index (κ2) is 8.95. The van der Waals surface area contributed by atoms with E-state index in [1.54, 1.807) is 32.4 Å². The minimum atomic E-state index is -0.328. The van der Waals surface area contributed by atoms with Crippen molar-refractivity contribution in [2.24, 2.45) is 5.10 Å². The first-order valence-corrected chi connectivity index (χ1v) is 10.1. The number of hydrogen-bond acceptors (Lipinski definition) is 6. The Morgan fingerprint density at radius 1 is 1.06 bits per heavy atom. The van der Waals surface area contributed by atoms with Crippen LogP contribution in [0.4, 0.5) is 11.4 Å². The van der Waals surface area contributed by atoms with Crippen molar-refractivity contribution >= 4 is 23.0 Å². The quantitative estimate of drug-likeness (QED) is 0.549. The van der Waals surface area contributed by atoms with Gasteiger partial charge in [0.15, 0.2) is 5.76 Å². The molecular weight excluding hydrogens is 394 g/mol. The van der Waals surface area contributed by atoms with Crippen LogP contribution in [-0.4, -0.2) is 25.8 Å². The number of ether oxygens (including phenoxy) is 2. The molecule has 0 aliphatic heterocycles. The summed E-state index contributed by atoms with van der Waals surface area (Å²) in [5.41, 5.74) is 7.16. The summed E-state index contributed by atoms with van der Waals surface area (Å²) in [6.07, 6.45) is 2.52. The SMILES string of the molecule is COc1ccc(NC(=O)c2oc3c(c2C)/C(=N/Nc2ccccc2)CCC3)c(OC)c1. The van der Waals surface area contributed by atoms with Crippen molar-refractivity contribution in [1.29, 1.82) is 0 Å². The molecule has 2 aromatic carbocycles. The molecule has 0 spiro atoms. The average Bonchev–Trinajstić information content (AvgIpc) is 3.16. The Kier molecular flexibility index (Phi) is 5.93. The third-order valence-electron chi connectivity index (χ3n) is 5.28. The molecule has 0 atom stereocenters. The molecule has 0 unspecified atom stereocenters. The van der Waals surface area contributed by atoms with E-state index in [0.29, 0.717) is 17.2 Å². The van der Waals surface area contributed by atoms with Gasteiger partial charge >= 0.3 is 0 Å². The molecule has 7 heteroatoms. The van der Waals surface area contributed by atoms with E-state index in [-0.39, 0.29) is 11.7 Å². The topological polar surface area (TPSA) is 85.1 Å². The third-order valence-corrected chi connectivity index (χ3v) is 5.28. The zero-order valence-electron chi connectivity index (χ0n) is 17.8. The smallest absolute Gasteiger partial charge is 0.291 e. The van der Waals surface area contributed by atoms with Gasteiger partial charge in [-0.05, 0) is 44.0 Å². The molecule has 1 amide bonds. The van der Waals surface area contributed by atoms with E-state index < -0.39 is 0 Å². The van der Waals surface area contributed by atoms with Crippen LogP contribution in [0.5, 0.6) is 11.5 Å². The Morgan fingerprint density at radius 3 is 2.61 bits per heavy atom. The third kappa shape index (κ3) is 4.26. The number of hydrogen-bond donors (Lipinski definition) is 2. The number of nitrogens with zero attached hydrogens (tertiary/aromatic N) is 1. The summed E-state index contributed by atoms with van der Waals surface area (Å²) in [4.78, 5) is 13.0. The number of anilines is 2. The molecule has 0 fully saturated rings. The van der Waals surface area contributed by atoms with E-state index in [2.05, 4.69) is 15.8 Å². The summed E-state index contributed by atoms with van der Waals surface area (Å²) in [7, 11) is 3.12. The van der Waals surface area contributed by atoms with E-state index in [1.807, 2.05) is 37.3 Å². The van der Waals surface area contributed by atoms with E-state index in [0.717, 1.165) is 47.5 Å². The predicted molar refractivity (Wildman–Crippen MR) is 120 cm³/mol. The standard InChI is InChI=1S/C24H25N3O4/c1-15-22-19(27-26-16-8-5-4-6-9-16)10-7-11-20(22)31-23(15)24(28)25-18-13-12-17(29-2)14-21(18)30-3/h4-6,8-9,12-14,26H,7,10-11H2,1-3H3,(H,25,28)/b27-19+. The van der Waals surface area contributed by atoms with Crippen molar-refractivity contribution in [1.82, 2.24) is 0 Å². The van der Waals surface area contributed by atoms with Gasteiger partial charge in [0.25, 0.3) is 5.91 Å². The van der Waals surface area contributed by atoms with Crippen LogP contribution in [0.1, 0.15) is 40.3 Å². The zero-order valence-corrected chi connectivity index (χ0v) is 17.8. The lowest BCUT2D eigenvalue weighted by molar-refractivity contribution is 0.0993. The monoisotopic (exact) mass is 419 g/mol. The summed E-state index contributed by atoms with van der Waals surface area (Å²) >= 11 is 0. The minimum absolute atomic E-state index is 0.289. The number of methoxy groups -OCH3 is 2. The molecule has 0 saturated carbocycles. The first-order chi connectivity index (χ1) is 15.1. The normalized spacial score (nSPS) is 14.1. The Hall–Kier alpha value is -3.74. The largest absolute Gasteiger partial charge is 0.497 e. The van der Waals surface area contributed by atoms with Crippen LogP contribution in [-0.2, 0) is 6.42 Å². The van der Waals surface area contributed by atoms with Gasteiger partial charge in [0.2, 0.25) is 0 Å². The maximum atomic E-state index is 13.0. The molecule has 1 aromatic heterocycles. The predicted octanol–water partition coefficient (Wildman–Crippen LogP) is 5.01. The number of fused-ring (bicyclic) bond motifs is 1. The number of hydrazone groups is 1. The van der Waals surface area contributed by atoms with Gasteiger partial charge in [-0.15, -0.1) is 0 Å². The highest BCUT2D eigenvalue weighted by Gasteiger charge is 2.28. The molecule has 0 bridgehead atoms. The van der Waals surface area contributed by atoms with Crippen LogP contribution in [0.15, 0.2) is 58.0 Å². The average molecular weight is 419 g/mol. The fourth-order valence-corrected chi connectivity index (χ4v) is 3.72. The van der Waals surface area contributed by atoms with Crippen molar-refractivity contribution in [3.63, 3.8) is 0 Å². The van der Waals surface area contributed by atoms with Crippen LogP contribution < -0.4 is 20.2 Å². The number of rotatable bonds is 6. The van der Waals surface area contributed by atoms with E-state index in [9.17, 15) is 4.79 Å². The molecule has 7 nitrogen and oxygen atoms in total. The van der Waals surface area contributed by atoms with Crippen LogP contribution in [0.25, 0.3) is 0 Å². The van der Waals surface area contributed by atoms with Gasteiger partial charge in [-0.1, -0.05) is 18.2 Å². The van der Waals surface area contributed by atoms with Gasteiger partial charge in [0, 0.05) is 23.6 Å². The van der Waals surface area contributed by atoms with Crippen molar-refractivity contribution < 1.29 is 18.7 Å². The Morgan fingerprint density at radius 2 is 1.87 bits per heavy atom. The highest BCUT2D eigenvalue weighted by Crippen LogP contribution is 2.33. The van der Waals surface area contributed by atoms with Gasteiger partial charge in [-0.25, -0.2) is 0 Å². The molecule has 0 saturated heterocycles. The van der Waals surface area contributed by atoms with Gasteiger partial charge in [-0.2, -0.15) is 5.10 Å². The van der Waals surface area contributed by atoms with Gasteiger partial charge < -0.3 is 19.2 Å². The Balaban J connectivity index is 1.60. The van der Waals surface area contributed by atoms with E-state index in [1.165, 1.54) is 0 Å². The highest BCUT2D eigenvalue weighted by molar-refractivity contribution is 6.09. The van der Waals surface area contributed by atoms with E-state index >= 15 is 0 Å². The van der Waals surface area contributed by atoms with Crippen LogP contribution >= 0.6 is 0 Å². The van der Waals surface area contributed by atoms with Gasteiger partial charge in [0.05, 0.1) is 31.3 Å². The van der Waals surface area contributed by atoms with Crippen molar-refractivity contribution in [2.45, 2.75) is 26.2 Å². The lowest BCUT2D eigenvalue weighted by Gasteiger charge is -2.13. The van der Waals surface area contributed by atoms with Crippen molar-refractivity contribution in [3.05, 3.63) is 71.2 Å². The number of furan rings is 1. The Labute approximate surface area is 181 Å². The molecule has 1 aliphatic carbocycles. The number of amides is 1. The minimum Gasteiger partial charge on any atom is -0.497 e. The molecular formula is C24H25N3O4. The fraction of sp³-hybridized carbons (Fsp3) is 0.250. The molecule has 0 radical (unpaired) electrons. The summed E-state index contributed by atoms with van der Waals surface area (Å²) in [6.45, 7) is 1.89. The number of carbonyl (C=O) groups is 1. The number of para-hydroxylation sites is 1. The maximum Gasteiger partial charge on any atom is 0.291 e. The molecule has 3 aromatic rings. The first kappa shape index (κ1) is 20.5. The van der Waals surface area contributed by atoms with E-state index in [4.69, 9.17) is 13.9 Å². The summed E-state index contributed by atoms with van der Waals surface area (Å²) in [5.74, 6) is 1.91. The second-order valence-corrected chi connectivity index (χ2v) is 7.26. The summed E-state index contributed by atoms with van der Waals surface area (Å²) in [5, 5.41) is 7.48. The number of carbonyl (C=O) groups excluding carboxylic acids is 1. The second-order valence-electron chi connectivity index (χ2n) is 7.26. The molecule has 1 aliphatic rings. The van der Waals surface area contributed by atoms with Crippen LogP contribution in [0.3, 0.4) is 0 Å². The lowest BCUT2D eigenvalue weighted by Crippen LogP contribution is -2.15. The lowest BCUT2D eigenvalue weighted by atomic mass is 9.93. The van der Waals surface area contributed by atoms with Crippen molar-refractivity contribution in [2.75, 3.05) is 25.0 Å². The number of nitrogens with one attached hydrogen (secondary N) is 2. The van der Waals surface area contributed by atoms with Crippen LogP contribution in [0.2, 0.25) is 0 Å². The molecule has 31 heavy (non-hydrogen) atoms. The molecule has 2 N–H and O–H groups in total. The van der Waals surface area contributed by atoms with Gasteiger partial charge in [0.1, 0.15) is 17.3 Å². The first-order valence-electron chi connectivity index (χ1n) is 10.1.